The number of anilines is 3. The summed E-state index contributed by atoms with van der Waals surface area (Å²) in [6, 6.07) is 8.07. The second kappa shape index (κ2) is 7.08. The highest BCUT2D eigenvalue weighted by atomic mass is 32.1. The molecule has 21 heavy (non-hydrogen) atoms. The predicted octanol–water partition coefficient (Wildman–Crippen LogP) is 3.06. The Morgan fingerprint density at radius 3 is 2.95 bits per heavy atom. The molecule has 6 heteroatoms. The molecule has 5 nitrogen and oxygen atoms in total. The molecule has 0 amide bonds. The number of hydrogen-bond donors (Lipinski definition) is 1. The number of esters is 1. The molecule has 0 atom stereocenters. The van der Waals surface area contributed by atoms with Crippen molar-refractivity contribution in [3.63, 3.8) is 0 Å². The Bertz CT molecular complexity index is 610. The molecule has 0 aliphatic rings. The molecular formula is C15H19N3O2S. The smallest absolute Gasteiger partial charge is 0.311 e. The second-order valence-corrected chi connectivity index (χ2v) is 5.55. The third-order valence-corrected chi connectivity index (χ3v) is 3.60. The molecule has 112 valence electrons. The molecule has 2 rings (SSSR count). The van der Waals surface area contributed by atoms with Crippen molar-refractivity contribution in [1.82, 2.24) is 4.98 Å². The van der Waals surface area contributed by atoms with Gasteiger partial charge in [0.2, 0.25) is 0 Å². The quantitative estimate of drug-likeness (QED) is 0.831. The van der Waals surface area contributed by atoms with Gasteiger partial charge < -0.3 is 15.0 Å². The van der Waals surface area contributed by atoms with Crippen LogP contribution in [0.3, 0.4) is 0 Å². The fraction of sp³-hybridized carbons (Fsp3) is 0.333. The number of carbonyl (C=O) groups is 1. The first-order valence-electron chi connectivity index (χ1n) is 6.73. The minimum absolute atomic E-state index is 0.212. The van der Waals surface area contributed by atoms with E-state index in [1.54, 1.807) is 6.92 Å². The Kier molecular flexibility index (Phi) is 5.16. The topological polar surface area (TPSA) is 54.5 Å². The lowest BCUT2D eigenvalue weighted by Gasteiger charge is -2.13. The number of aromatic nitrogens is 1. The summed E-state index contributed by atoms with van der Waals surface area (Å²) < 4.78 is 4.92. The highest BCUT2D eigenvalue weighted by molar-refractivity contribution is 7.13. The molecular weight excluding hydrogens is 286 g/mol. The molecule has 0 fully saturated rings. The van der Waals surface area contributed by atoms with Gasteiger partial charge >= 0.3 is 5.97 Å². The van der Waals surface area contributed by atoms with Crippen molar-refractivity contribution >= 4 is 33.8 Å². The van der Waals surface area contributed by atoms with E-state index in [0.29, 0.717) is 6.61 Å². The third kappa shape index (κ3) is 4.46. The zero-order valence-electron chi connectivity index (χ0n) is 12.4. The van der Waals surface area contributed by atoms with Gasteiger partial charge in [-0.05, 0) is 25.1 Å². The lowest BCUT2D eigenvalue weighted by atomic mass is 10.2. The SMILES string of the molecule is CCOC(=O)Cc1csc(Nc2cccc(N(C)C)c2)n1. The van der Waals surface area contributed by atoms with Crippen LogP contribution in [0.25, 0.3) is 0 Å². The van der Waals surface area contributed by atoms with Crippen LogP contribution >= 0.6 is 11.3 Å². The first-order chi connectivity index (χ1) is 10.1. The van der Waals surface area contributed by atoms with Gasteiger partial charge in [0.25, 0.3) is 0 Å². The summed E-state index contributed by atoms with van der Waals surface area (Å²) in [5.74, 6) is -0.246. The summed E-state index contributed by atoms with van der Waals surface area (Å²) in [4.78, 5) is 17.9. The van der Waals surface area contributed by atoms with Crippen LogP contribution in [0, 0.1) is 0 Å². The number of ether oxygens (including phenoxy) is 1. The van der Waals surface area contributed by atoms with Crippen LogP contribution in [0.4, 0.5) is 16.5 Å². The Morgan fingerprint density at radius 1 is 1.43 bits per heavy atom. The first-order valence-corrected chi connectivity index (χ1v) is 7.61. The van der Waals surface area contributed by atoms with Crippen molar-refractivity contribution in [3.8, 4) is 0 Å². The van der Waals surface area contributed by atoms with Gasteiger partial charge in [-0.15, -0.1) is 11.3 Å². The number of thiazole rings is 1. The second-order valence-electron chi connectivity index (χ2n) is 4.70. The monoisotopic (exact) mass is 305 g/mol. The largest absolute Gasteiger partial charge is 0.466 e. The maximum absolute atomic E-state index is 11.4. The van der Waals surface area contributed by atoms with E-state index >= 15 is 0 Å². The van der Waals surface area contributed by atoms with Crippen molar-refractivity contribution < 1.29 is 9.53 Å². The van der Waals surface area contributed by atoms with Gasteiger partial charge in [0.15, 0.2) is 5.13 Å². The lowest BCUT2D eigenvalue weighted by Crippen LogP contribution is -2.08. The van der Waals surface area contributed by atoms with Crippen LogP contribution in [-0.4, -0.2) is 31.7 Å². The van der Waals surface area contributed by atoms with Crippen LogP contribution in [-0.2, 0) is 16.0 Å². The first kappa shape index (κ1) is 15.3. The highest BCUT2D eigenvalue weighted by Gasteiger charge is 2.08. The summed E-state index contributed by atoms with van der Waals surface area (Å²) in [5, 5.41) is 5.89. The highest BCUT2D eigenvalue weighted by Crippen LogP contribution is 2.24. The van der Waals surface area contributed by atoms with Crippen LogP contribution < -0.4 is 10.2 Å². The van der Waals surface area contributed by atoms with Crippen LogP contribution in [0.1, 0.15) is 12.6 Å². The van der Waals surface area contributed by atoms with E-state index in [4.69, 9.17) is 4.74 Å². The van der Waals surface area contributed by atoms with E-state index < -0.39 is 0 Å². The van der Waals surface area contributed by atoms with Crippen molar-refractivity contribution in [2.75, 3.05) is 30.9 Å². The van der Waals surface area contributed by atoms with Crippen LogP contribution in [0.5, 0.6) is 0 Å². The number of nitrogens with one attached hydrogen (secondary N) is 1. The molecule has 1 N–H and O–H groups in total. The summed E-state index contributed by atoms with van der Waals surface area (Å²) in [7, 11) is 4.00. The molecule has 0 bridgehead atoms. The lowest BCUT2D eigenvalue weighted by molar-refractivity contribution is -0.142. The summed E-state index contributed by atoms with van der Waals surface area (Å²) in [6.45, 7) is 2.19. The Hall–Kier alpha value is -2.08. The molecule has 0 saturated heterocycles. The number of hydrogen-bond acceptors (Lipinski definition) is 6. The van der Waals surface area contributed by atoms with E-state index in [1.807, 2.05) is 48.6 Å². The maximum Gasteiger partial charge on any atom is 0.311 e. The molecule has 0 unspecified atom stereocenters. The molecule has 0 spiro atoms. The van der Waals surface area contributed by atoms with E-state index in [1.165, 1.54) is 11.3 Å². The maximum atomic E-state index is 11.4. The van der Waals surface area contributed by atoms with Gasteiger partial charge in [0.05, 0.1) is 18.7 Å². The third-order valence-electron chi connectivity index (χ3n) is 2.80. The standard InChI is InChI=1S/C15H19N3O2S/c1-4-20-14(19)9-12-10-21-15(17-12)16-11-6-5-7-13(8-11)18(2)3/h5-8,10H,4,9H2,1-3H3,(H,16,17). The average molecular weight is 305 g/mol. The number of benzene rings is 1. The van der Waals surface area contributed by atoms with E-state index in [9.17, 15) is 4.79 Å². The molecule has 1 heterocycles. The van der Waals surface area contributed by atoms with Crippen LogP contribution in [0.2, 0.25) is 0 Å². The van der Waals surface area contributed by atoms with Gasteiger partial charge in [-0.25, -0.2) is 4.98 Å². The molecule has 0 aliphatic heterocycles. The Balaban J connectivity index is 2.02. The summed E-state index contributed by atoms with van der Waals surface area (Å²) in [6.07, 6.45) is 0.212. The fourth-order valence-corrected chi connectivity index (χ4v) is 2.52. The zero-order chi connectivity index (χ0) is 15.2. The van der Waals surface area contributed by atoms with E-state index in [-0.39, 0.29) is 12.4 Å². The molecule has 1 aromatic carbocycles. The van der Waals surface area contributed by atoms with E-state index in [2.05, 4.69) is 10.3 Å². The van der Waals surface area contributed by atoms with Crippen molar-refractivity contribution in [3.05, 3.63) is 35.3 Å². The van der Waals surface area contributed by atoms with Crippen molar-refractivity contribution in [2.24, 2.45) is 0 Å². The minimum atomic E-state index is -0.246. The van der Waals surface area contributed by atoms with Gasteiger partial charge in [-0.2, -0.15) is 0 Å². The van der Waals surface area contributed by atoms with Gasteiger partial charge in [0, 0.05) is 30.9 Å². The van der Waals surface area contributed by atoms with Crippen molar-refractivity contribution in [1.29, 1.82) is 0 Å². The number of rotatable bonds is 6. The van der Waals surface area contributed by atoms with Crippen molar-refractivity contribution in [2.45, 2.75) is 13.3 Å². The summed E-state index contributed by atoms with van der Waals surface area (Å²) >= 11 is 1.48. The zero-order valence-corrected chi connectivity index (χ0v) is 13.2. The molecule has 0 saturated carbocycles. The van der Waals surface area contributed by atoms with Gasteiger partial charge in [0.1, 0.15) is 0 Å². The van der Waals surface area contributed by atoms with Gasteiger partial charge in [-0.1, -0.05) is 6.07 Å². The Labute approximate surface area is 128 Å². The average Bonchev–Trinajstić information content (AvgIpc) is 2.86. The molecule has 1 aromatic heterocycles. The Morgan fingerprint density at radius 2 is 2.24 bits per heavy atom. The molecule has 0 radical (unpaired) electrons. The van der Waals surface area contributed by atoms with E-state index in [0.717, 1.165) is 22.2 Å². The molecule has 2 aromatic rings. The normalized spacial score (nSPS) is 10.2. The molecule has 0 aliphatic carbocycles. The minimum Gasteiger partial charge on any atom is -0.466 e. The van der Waals surface area contributed by atoms with Crippen LogP contribution in [0.15, 0.2) is 29.6 Å². The van der Waals surface area contributed by atoms with Gasteiger partial charge in [-0.3, -0.25) is 4.79 Å². The fourth-order valence-electron chi connectivity index (χ4n) is 1.79. The number of carbonyl (C=O) groups excluding carboxylic acids is 1. The summed E-state index contributed by atoms with van der Waals surface area (Å²) in [5.41, 5.74) is 2.81. The predicted molar refractivity (Wildman–Crippen MR) is 86.5 cm³/mol. The number of nitrogens with zero attached hydrogens (tertiary/aromatic N) is 2.